The lowest BCUT2D eigenvalue weighted by Crippen LogP contribution is -2.56. The second-order valence-corrected chi connectivity index (χ2v) is 6.30. The fraction of sp³-hybridized carbons (Fsp3) is 0.857. The van der Waals surface area contributed by atoms with Crippen LogP contribution in [0.1, 0.15) is 38.5 Å². The molecule has 0 bridgehead atoms. The van der Waals surface area contributed by atoms with Gasteiger partial charge < -0.3 is 5.11 Å². The molecule has 2 heterocycles. The number of piperidine rings is 1. The number of imide groups is 1. The second-order valence-electron chi connectivity index (χ2n) is 6.30. The fourth-order valence-corrected chi connectivity index (χ4v) is 3.90. The maximum atomic E-state index is 12.1. The van der Waals surface area contributed by atoms with Crippen LogP contribution in [0.3, 0.4) is 0 Å². The number of rotatable bonds is 1. The molecule has 3 fully saturated rings. The Morgan fingerprint density at radius 3 is 2.74 bits per heavy atom. The van der Waals surface area contributed by atoms with Crippen LogP contribution in [0.2, 0.25) is 0 Å². The van der Waals surface area contributed by atoms with E-state index in [1.807, 2.05) is 0 Å². The number of carbonyl (C=O) groups is 2. The highest BCUT2D eigenvalue weighted by atomic mass is 16.3. The molecule has 3 atom stereocenters. The summed E-state index contributed by atoms with van der Waals surface area (Å²) in [5, 5.41) is 10.6. The first-order valence-corrected chi connectivity index (χ1v) is 7.28. The van der Waals surface area contributed by atoms with Crippen molar-refractivity contribution in [2.75, 3.05) is 20.1 Å². The molecule has 0 aromatic rings. The van der Waals surface area contributed by atoms with Crippen molar-refractivity contribution in [1.29, 1.82) is 0 Å². The number of hydrogen-bond donors (Lipinski definition) is 1. The summed E-state index contributed by atoms with van der Waals surface area (Å²) < 4.78 is 0. The Kier molecular flexibility index (Phi) is 3.14. The van der Waals surface area contributed by atoms with E-state index in [0.29, 0.717) is 6.42 Å². The Labute approximate surface area is 113 Å². The van der Waals surface area contributed by atoms with Crippen LogP contribution < -0.4 is 0 Å². The largest absolute Gasteiger partial charge is 0.390 e. The smallest absolute Gasteiger partial charge is 0.246 e. The summed E-state index contributed by atoms with van der Waals surface area (Å²) in [6, 6.07) is -0.288. The molecule has 106 valence electrons. The molecule has 5 heteroatoms. The molecule has 2 amide bonds. The number of likely N-dealkylation sites (tertiary alicyclic amines) is 2. The number of fused-ring (bicyclic) bond motifs is 1. The number of nitrogens with zero attached hydrogens (tertiary/aromatic N) is 2. The van der Waals surface area contributed by atoms with Gasteiger partial charge in [-0.25, -0.2) is 0 Å². The molecular formula is C14H22N2O3. The van der Waals surface area contributed by atoms with Crippen LogP contribution in [0, 0.1) is 5.92 Å². The molecule has 2 aliphatic heterocycles. The van der Waals surface area contributed by atoms with Crippen molar-refractivity contribution in [2.24, 2.45) is 5.92 Å². The lowest BCUT2D eigenvalue weighted by atomic mass is 9.71. The van der Waals surface area contributed by atoms with Crippen LogP contribution in [0.25, 0.3) is 0 Å². The zero-order valence-corrected chi connectivity index (χ0v) is 11.5. The average Bonchev–Trinajstić information content (AvgIpc) is 2.65. The van der Waals surface area contributed by atoms with E-state index < -0.39 is 5.60 Å². The maximum Gasteiger partial charge on any atom is 0.246 e. The van der Waals surface area contributed by atoms with Gasteiger partial charge in [-0.3, -0.25) is 19.4 Å². The van der Waals surface area contributed by atoms with E-state index >= 15 is 0 Å². The molecule has 0 spiro atoms. The van der Waals surface area contributed by atoms with Gasteiger partial charge in [-0.1, -0.05) is 12.8 Å². The van der Waals surface area contributed by atoms with Crippen molar-refractivity contribution in [1.82, 2.24) is 9.80 Å². The van der Waals surface area contributed by atoms with E-state index in [-0.39, 0.29) is 23.8 Å². The van der Waals surface area contributed by atoms with Crippen LogP contribution in [0.15, 0.2) is 0 Å². The molecule has 2 saturated heterocycles. The summed E-state index contributed by atoms with van der Waals surface area (Å²) in [5.74, 6) is 0.106. The first-order valence-electron chi connectivity index (χ1n) is 7.28. The Morgan fingerprint density at radius 1 is 1.26 bits per heavy atom. The van der Waals surface area contributed by atoms with E-state index in [4.69, 9.17) is 0 Å². The quantitative estimate of drug-likeness (QED) is 0.697. The molecule has 1 aliphatic carbocycles. The molecule has 3 aliphatic rings. The van der Waals surface area contributed by atoms with E-state index in [9.17, 15) is 14.7 Å². The van der Waals surface area contributed by atoms with Crippen molar-refractivity contribution in [2.45, 2.75) is 50.2 Å². The highest BCUT2D eigenvalue weighted by Crippen LogP contribution is 2.40. The summed E-state index contributed by atoms with van der Waals surface area (Å²) in [6.45, 7) is 1.48. The summed E-state index contributed by atoms with van der Waals surface area (Å²) >= 11 is 0. The van der Waals surface area contributed by atoms with Gasteiger partial charge in [0.1, 0.15) is 0 Å². The Balaban J connectivity index is 1.71. The topological polar surface area (TPSA) is 60.9 Å². The van der Waals surface area contributed by atoms with Gasteiger partial charge in [-0.2, -0.15) is 0 Å². The van der Waals surface area contributed by atoms with Gasteiger partial charge in [0.15, 0.2) is 0 Å². The number of amides is 2. The molecule has 1 saturated carbocycles. The van der Waals surface area contributed by atoms with Gasteiger partial charge in [0.2, 0.25) is 11.8 Å². The molecule has 0 radical (unpaired) electrons. The Morgan fingerprint density at radius 2 is 2.05 bits per heavy atom. The lowest BCUT2D eigenvalue weighted by molar-refractivity contribution is -0.140. The first kappa shape index (κ1) is 13.1. The first-order chi connectivity index (χ1) is 9.01. The van der Waals surface area contributed by atoms with Crippen LogP contribution in [0.5, 0.6) is 0 Å². The summed E-state index contributed by atoms with van der Waals surface area (Å²) in [6.07, 6.45) is 5.25. The van der Waals surface area contributed by atoms with E-state index in [2.05, 4.69) is 4.90 Å². The molecule has 0 aromatic carbocycles. The monoisotopic (exact) mass is 266 g/mol. The summed E-state index contributed by atoms with van der Waals surface area (Å²) in [5.41, 5.74) is -0.522. The zero-order valence-electron chi connectivity index (χ0n) is 11.5. The minimum absolute atomic E-state index is 0.0775. The third-order valence-electron chi connectivity index (χ3n) is 5.26. The number of aliphatic hydroxyl groups is 1. The van der Waals surface area contributed by atoms with Gasteiger partial charge in [0, 0.05) is 26.1 Å². The fourth-order valence-electron chi connectivity index (χ4n) is 3.90. The van der Waals surface area contributed by atoms with Crippen molar-refractivity contribution >= 4 is 11.8 Å². The summed E-state index contributed by atoms with van der Waals surface area (Å²) in [4.78, 5) is 27.0. The van der Waals surface area contributed by atoms with Crippen LogP contribution in [0.4, 0.5) is 0 Å². The second kappa shape index (κ2) is 4.56. The van der Waals surface area contributed by atoms with Gasteiger partial charge >= 0.3 is 0 Å². The highest BCUT2D eigenvalue weighted by molar-refractivity contribution is 6.05. The predicted octanol–water partition coefficient (Wildman–Crippen LogP) is 0.371. The molecule has 0 aromatic heterocycles. The van der Waals surface area contributed by atoms with Crippen LogP contribution in [-0.2, 0) is 9.59 Å². The average molecular weight is 266 g/mol. The standard InChI is InChI=1S/C14H22N2O3/c1-15-12(17)8-11(13(15)18)16-7-6-14(19)5-3-2-4-10(14)9-16/h10-11,19H,2-9H2,1H3. The third-order valence-corrected chi connectivity index (χ3v) is 5.26. The van der Waals surface area contributed by atoms with Gasteiger partial charge in [-0.05, 0) is 19.3 Å². The molecule has 1 N–H and O–H groups in total. The van der Waals surface area contributed by atoms with E-state index in [1.165, 1.54) is 4.90 Å². The van der Waals surface area contributed by atoms with Crippen LogP contribution >= 0.6 is 0 Å². The number of likely N-dealkylation sites (N-methyl/N-ethyl adjacent to an activating group) is 1. The Hall–Kier alpha value is -0.940. The van der Waals surface area contributed by atoms with Gasteiger partial charge in [0.25, 0.3) is 0 Å². The minimum atomic E-state index is -0.522. The zero-order chi connectivity index (χ0) is 13.6. The van der Waals surface area contributed by atoms with Crippen molar-refractivity contribution in [3.8, 4) is 0 Å². The molecule has 5 nitrogen and oxygen atoms in total. The van der Waals surface area contributed by atoms with Crippen molar-refractivity contribution in [3.63, 3.8) is 0 Å². The Bertz CT molecular complexity index is 411. The van der Waals surface area contributed by atoms with E-state index in [1.54, 1.807) is 7.05 Å². The van der Waals surface area contributed by atoms with Gasteiger partial charge in [0.05, 0.1) is 18.1 Å². The number of hydrogen-bond acceptors (Lipinski definition) is 4. The lowest BCUT2D eigenvalue weighted by Gasteiger charge is -2.48. The predicted molar refractivity (Wildman–Crippen MR) is 69.3 cm³/mol. The molecule has 3 unspecified atom stereocenters. The molecule has 3 rings (SSSR count). The summed E-state index contributed by atoms with van der Waals surface area (Å²) in [7, 11) is 1.56. The SMILES string of the molecule is CN1C(=O)CC(N2CCC3(O)CCCCC3C2)C1=O. The molecule has 19 heavy (non-hydrogen) atoms. The van der Waals surface area contributed by atoms with Gasteiger partial charge in [-0.15, -0.1) is 0 Å². The van der Waals surface area contributed by atoms with E-state index in [0.717, 1.165) is 45.2 Å². The van der Waals surface area contributed by atoms with Crippen molar-refractivity contribution in [3.05, 3.63) is 0 Å². The van der Waals surface area contributed by atoms with Crippen LogP contribution in [-0.4, -0.2) is 58.5 Å². The minimum Gasteiger partial charge on any atom is -0.390 e. The maximum absolute atomic E-state index is 12.1. The molecular weight excluding hydrogens is 244 g/mol. The highest BCUT2D eigenvalue weighted by Gasteiger charge is 2.47. The normalized spacial score (nSPS) is 40.6. The third kappa shape index (κ3) is 2.09. The van der Waals surface area contributed by atoms with Crippen molar-refractivity contribution < 1.29 is 14.7 Å². The number of carbonyl (C=O) groups excluding carboxylic acids is 2.